The Morgan fingerprint density at radius 2 is 1.75 bits per heavy atom. The standard InChI is InChI=1S/C24H32N4O3.HI/c1-4-25-24(27-16-23(29)26-12-10-18-8-6-5-7-9-18)28-13-11-19-14-21(30-2)22(31-3)15-20(19)17-28;/h5-9,14-15H,4,10-13,16-17H2,1-3H3,(H,25,27)(H,26,29);1H. The summed E-state index contributed by atoms with van der Waals surface area (Å²) in [4.78, 5) is 19.0. The van der Waals surface area contributed by atoms with E-state index in [2.05, 4.69) is 38.7 Å². The van der Waals surface area contributed by atoms with Gasteiger partial charge in [-0.15, -0.1) is 24.0 Å². The van der Waals surface area contributed by atoms with Gasteiger partial charge in [0.15, 0.2) is 17.5 Å². The minimum Gasteiger partial charge on any atom is -0.493 e. The van der Waals surface area contributed by atoms with E-state index < -0.39 is 0 Å². The molecule has 1 heterocycles. The third-order valence-corrected chi connectivity index (χ3v) is 5.30. The van der Waals surface area contributed by atoms with Crippen LogP contribution >= 0.6 is 24.0 Å². The molecule has 1 amide bonds. The maximum atomic E-state index is 12.3. The van der Waals surface area contributed by atoms with Crippen LogP contribution < -0.4 is 20.1 Å². The summed E-state index contributed by atoms with van der Waals surface area (Å²) in [5, 5.41) is 6.26. The van der Waals surface area contributed by atoms with E-state index >= 15 is 0 Å². The van der Waals surface area contributed by atoms with Crippen LogP contribution in [0.3, 0.4) is 0 Å². The normalized spacial score (nSPS) is 13.0. The number of carbonyl (C=O) groups is 1. The van der Waals surface area contributed by atoms with Crippen molar-refractivity contribution in [3.8, 4) is 11.5 Å². The number of carbonyl (C=O) groups excluding carboxylic acids is 1. The highest BCUT2D eigenvalue weighted by atomic mass is 127. The average molecular weight is 552 g/mol. The lowest BCUT2D eigenvalue weighted by Gasteiger charge is -2.32. The third-order valence-electron chi connectivity index (χ3n) is 5.30. The molecule has 0 radical (unpaired) electrons. The van der Waals surface area contributed by atoms with Crippen LogP contribution in [0.2, 0.25) is 0 Å². The Hall–Kier alpha value is -2.49. The molecule has 1 aliphatic rings. The summed E-state index contributed by atoms with van der Waals surface area (Å²) in [6.45, 7) is 5.01. The van der Waals surface area contributed by atoms with Crippen molar-refractivity contribution < 1.29 is 14.3 Å². The van der Waals surface area contributed by atoms with Crippen molar-refractivity contribution >= 4 is 35.8 Å². The largest absolute Gasteiger partial charge is 0.493 e. The van der Waals surface area contributed by atoms with Crippen LogP contribution in [-0.4, -0.2) is 57.2 Å². The van der Waals surface area contributed by atoms with E-state index in [1.165, 1.54) is 16.7 Å². The molecular weight excluding hydrogens is 519 g/mol. The van der Waals surface area contributed by atoms with Crippen molar-refractivity contribution in [2.75, 3.05) is 40.4 Å². The molecule has 2 N–H and O–H groups in total. The molecule has 3 rings (SSSR count). The Labute approximate surface area is 207 Å². The number of aliphatic imine (C=N–C) groups is 1. The lowest BCUT2D eigenvalue weighted by molar-refractivity contribution is -0.119. The van der Waals surface area contributed by atoms with Gasteiger partial charge in [0.2, 0.25) is 5.91 Å². The fourth-order valence-corrected chi connectivity index (χ4v) is 3.68. The van der Waals surface area contributed by atoms with Crippen molar-refractivity contribution in [1.82, 2.24) is 15.5 Å². The molecule has 32 heavy (non-hydrogen) atoms. The molecular formula is C24H33IN4O3. The van der Waals surface area contributed by atoms with Crippen molar-refractivity contribution in [2.45, 2.75) is 26.3 Å². The van der Waals surface area contributed by atoms with E-state index in [1.54, 1.807) is 14.2 Å². The number of methoxy groups -OCH3 is 2. The van der Waals surface area contributed by atoms with Gasteiger partial charge in [-0.1, -0.05) is 30.3 Å². The van der Waals surface area contributed by atoms with Crippen LogP contribution in [0.4, 0.5) is 0 Å². The van der Waals surface area contributed by atoms with Crippen LogP contribution in [0.15, 0.2) is 47.5 Å². The first-order valence-corrected chi connectivity index (χ1v) is 10.7. The van der Waals surface area contributed by atoms with Crippen LogP contribution in [-0.2, 0) is 24.2 Å². The first-order chi connectivity index (χ1) is 15.1. The zero-order valence-electron chi connectivity index (χ0n) is 19.0. The number of amides is 1. The molecule has 0 saturated carbocycles. The molecule has 2 aromatic carbocycles. The third kappa shape index (κ3) is 7.01. The van der Waals surface area contributed by atoms with Crippen LogP contribution in [0.1, 0.15) is 23.6 Å². The zero-order chi connectivity index (χ0) is 22.1. The molecule has 0 atom stereocenters. The van der Waals surface area contributed by atoms with Gasteiger partial charge >= 0.3 is 0 Å². The summed E-state index contributed by atoms with van der Waals surface area (Å²) in [6.07, 6.45) is 1.69. The van der Waals surface area contributed by atoms with Gasteiger partial charge in [0.05, 0.1) is 14.2 Å². The number of nitrogens with one attached hydrogen (secondary N) is 2. The molecule has 2 aromatic rings. The Balaban J connectivity index is 0.00000363. The first-order valence-electron chi connectivity index (χ1n) is 10.7. The zero-order valence-corrected chi connectivity index (χ0v) is 21.3. The van der Waals surface area contributed by atoms with Crippen molar-refractivity contribution in [1.29, 1.82) is 0 Å². The van der Waals surface area contributed by atoms with Gasteiger partial charge in [-0.25, -0.2) is 4.99 Å². The average Bonchev–Trinajstić information content (AvgIpc) is 2.81. The maximum absolute atomic E-state index is 12.3. The molecule has 174 valence electrons. The number of nitrogens with zero attached hydrogens (tertiary/aromatic N) is 2. The van der Waals surface area contributed by atoms with Gasteiger partial charge in [0.25, 0.3) is 0 Å². The molecule has 0 bridgehead atoms. The predicted molar refractivity (Wildman–Crippen MR) is 138 cm³/mol. The first kappa shape index (κ1) is 25.8. The summed E-state index contributed by atoms with van der Waals surface area (Å²) in [6, 6.07) is 14.2. The minimum atomic E-state index is -0.0739. The quantitative estimate of drug-likeness (QED) is 0.299. The Kier molecular flexibility index (Phi) is 10.6. The summed E-state index contributed by atoms with van der Waals surface area (Å²) >= 11 is 0. The number of halogens is 1. The number of benzene rings is 2. The smallest absolute Gasteiger partial charge is 0.241 e. The summed E-state index contributed by atoms with van der Waals surface area (Å²) in [7, 11) is 3.30. The monoisotopic (exact) mass is 552 g/mol. The summed E-state index contributed by atoms with van der Waals surface area (Å²) in [5.74, 6) is 2.15. The molecule has 8 heteroatoms. The van der Waals surface area contributed by atoms with Crippen LogP contribution in [0.5, 0.6) is 11.5 Å². The Bertz CT molecular complexity index is 906. The van der Waals surface area contributed by atoms with E-state index in [-0.39, 0.29) is 36.4 Å². The van der Waals surface area contributed by atoms with E-state index in [9.17, 15) is 4.79 Å². The number of hydrogen-bond donors (Lipinski definition) is 2. The van der Waals surface area contributed by atoms with Crippen LogP contribution in [0, 0.1) is 0 Å². The number of ether oxygens (including phenoxy) is 2. The van der Waals surface area contributed by atoms with E-state index in [1.807, 2.05) is 31.2 Å². The van der Waals surface area contributed by atoms with Crippen LogP contribution in [0.25, 0.3) is 0 Å². The number of rotatable bonds is 8. The number of hydrogen-bond acceptors (Lipinski definition) is 4. The fourth-order valence-electron chi connectivity index (χ4n) is 3.68. The van der Waals surface area contributed by atoms with E-state index in [0.717, 1.165) is 43.4 Å². The van der Waals surface area contributed by atoms with Gasteiger partial charge in [-0.3, -0.25) is 4.79 Å². The number of fused-ring (bicyclic) bond motifs is 1. The van der Waals surface area contributed by atoms with Gasteiger partial charge in [0, 0.05) is 26.2 Å². The molecule has 0 unspecified atom stereocenters. The molecule has 7 nitrogen and oxygen atoms in total. The lowest BCUT2D eigenvalue weighted by atomic mass is 9.99. The van der Waals surface area contributed by atoms with Gasteiger partial charge in [0.1, 0.15) is 6.54 Å². The Morgan fingerprint density at radius 1 is 1.06 bits per heavy atom. The second-order valence-corrected chi connectivity index (χ2v) is 7.40. The molecule has 1 aliphatic heterocycles. The maximum Gasteiger partial charge on any atom is 0.241 e. The SMILES string of the molecule is CCNC(=NCC(=O)NCCc1ccccc1)N1CCc2cc(OC)c(OC)cc2C1.I. The van der Waals surface area contributed by atoms with Gasteiger partial charge in [-0.2, -0.15) is 0 Å². The molecule has 0 aliphatic carbocycles. The minimum absolute atomic E-state index is 0. The van der Waals surface area contributed by atoms with Crippen molar-refractivity contribution in [3.63, 3.8) is 0 Å². The van der Waals surface area contributed by atoms with Gasteiger partial charge < -0.3 is 25.0 Å². The topological polar surface area (TPSA) is 75.2 Å². The molecule has 0 saturated heterocycles. The van der Waals surface area contributed by atoms with Crippen molar-refractivity contribution in [2.24, 2.45) is 4.99 Å². The lowest BCUT2D eigenvalue weighted by Crippen LogP contribution is -2.44. The van der Waals surface area contributed by atoms with Gasteiger partial charge in [-0.05, 0) is 48.6 Å². The molecule has 0 aromatic heterocycles. The Morgan fingerprint density at radius 3 is 2.41 bits per heavy atom. The summed E-state index contributed by atoms with van der Waals surface area (Å²) in [5.41, 5.74) is 3.64. The highest BCUT2D eigenvalue weighted by Crippen LogP contribution is 2.33. The van der Waals surface area contributed by atoms with Crippen molar-refractivity contribution in [3.05, 3.63) is 59.2 Å². The highest BCUT2D eigenvalue weighted by molar-refractivity contribution is 14.0. The van der Waals surface area contributed by atoms with E-state index in [4.69, 9.17) is 9.47 Å². The molecule has 0 spiro atoms. The number of guanidine groups is 1. The highest BCUT2D eigenvalue weighted by Gasteiger charge is 2.21. The second-order valence-electron chi connectivity index (χ2n) is 7.40. The molecule has 0 fully saturated rings. The van der Waals surface area contributed by atoms with E-state index in [0.29, 0.717) is 13.1 Å². The predicted octanol–water partition coefficient (Wildman–Crippen LogP) is 3.00. The summed E-state index contributed by atoms with van der Waals surface area (Å²) < 4.78 is 10.9. The second kappa shape index (κ2) is 13.1. The fraction of sp³-hybridized carbons (Fsp3) is 0.417.